The van der Waals surface area contributed by atoms with Gasteiger partial charge in [-0.2, -0.15) is 0 Å². The number of nitrogens with one attached hydrogen (secondary N) is 1. The molecule has 0 aliphatic heterocycles. The van der Waals surface area contributed by atoms with Crippen molar-refractivity contribution in [1.29, 1.82) is 0 Å². The molecule has 3 heteroatoms. The maximum absolute atomic E-state index is 11.9. The lowest BCUT2D eigenvalue weighted by atomic mass is 9.71. The first-order valence-electron chi connectivity index (χ1n) is 6.65. The molecule has 3 N–H and O–H groups in total. The van der Waals surface area contributed by atoms with Crippen LogP contribution in [-0.4, -0.2) is 18.5 Å². The largest absolute Gasteiger partial charge is 0.353 e. The smallest absolute Gasteiger partial charge is 0.220 e. The van der Waals surface area contributed by atoms with Crippen molar-refractivity contribution in [3.63, 3.8) is 0 Å². The molecule has 92 valence electrons. The Morgan fingerprint density at radius 2 is 2.00 bits per heavy atom. The second kappa shape index (κ2) is 4.74. The highest BCUT2D eigenvalue weighted by Crippen LogP contribution is 2.38. The monoisotopic (exact) mass is 224 g/mol. The molecule has 0 aromatic rings. The molecule has 2 fully saturated rings. The molecule has 0 saturated heterocycles. The molecule has 1 amide bonds. The Morgan fingerprint density at radius 3 is 2.50 bits per heavy atom. The number of amides is 1. The van der Waals surface area contributed by atoms with Gasteiger partial charge in [0.2, 0.25) is 5.91 Å². The van der Waals surface area contributed by atoms with Crippen molar-refractivity contribution in [2.45, 2.75) is 57.9 Å². The van der Waals surface area contributed by atoms with Gasteiger partial charge in [0.15, 0.2) is 0 Å². The molecule has 3 nitrogen and oxygen atoms in total. The minimum atomic E-state index is 0.112. The molecule has 2 atom stereocenters. The quantitative estimate of drug-likeness (QED) is 0.765. The van der Waals surface area contributed by atoms with E-state index in [0.29, 0.717) is 24.9 Å². The van der Waals surface area contributed by atoms with Gasteiger partial charge < -0.3 is 11.1 Å². The van der Waals surface area contributed by atoms with Gasteiger partial charge in [0, 0.05) is 12.5 Å². The Kier molecular flexibility index (Phi) is 3.53. The normalized spacial score (nSPS) is 32.1. The maximum atomic E-state index is 11.9. The average molecular weight is 224 g/mol. The van der Waals surface area contributed by atoms with E-state index in [0.717, 1.165) is 19.3 Å². The summed E-state index contributed by atoms with van der Waals surface area (Å²) in [6.07, 6.45) is 7.86. The molecule has 0 spiro atoms. The first-order valence-corrected chi connectivity index (χ1v) is 6.65. The van der Waals surface area contributed by atoms with Crippen molar-refractivity contribution in [2.24, 2.45) is 17.1 Å². The second-order valence-electron chi connectivity index (χ2n) is 5.83. The molecule has 2 rings (SSSR count). The average Bonchev–Trinajstić information content (AvgIpc) is 2.95. The van der Waals surface area contributed by atoms with Crippen molar-refractivity contribution >= 4 is 5.91 Å². The first-order chi connectivity index (χ1) is 7.65. The van der Waals surface area contributed by atoms with E-state index in [9.17, 15) is 4.79 Å². The summed E-state index contributed by atoms with van der Waals surface area (Å²) < 4.78 is 0. The van der Waals surface area contributed by atoms with Crippen molar-refractivity contribution in [3.05, 3.63) is 0 Å². The van der Waals surface area contributed by atoms with Crippen LogP contribution < -0.4 is 11.1 Å². The van der Waals surface area contributed by atoms with Gasteiger partial charge in [0.05, 0.1) is 0 Å². The van der Waals surface area contributed by atoms with Crippen LogP contribution in [0.3, 0.4) is 0 Å². The third kappa shape index (κ3) is 2.76. The van der Waals surface area contributed by atoms with Crippen LogP contribution >= 0.6 is 0 Å². The summed E-state index contributed by atoms with van der Waals surface area (Å²) >= 11 is 0. The Labute approximate surface area is 98.2 Å². The summed E-state index contributed by atoms with van der Waals surface area (Å²) in [4.78, 5) is 11.9. The molecule has 2 saturated carbocycles. The van der Waals surface area contributed by atoms with Crippen molar-refractivity contribution in [3.8, 4) is 0 Å². The summed E-state index contributed by atoms with van der Waals surface area (Å²) in [6, 6.07) is 0.450. The van der Waals surface area contributed by atoms with Crippen LogP contribution in [0.5, 0.6) is 0 Å². The van der Waals surface area contributed by atoms with Crippen LogP contribution in [-0.2, 0) is 4.79 Å². The van der Waals surface area contributed by atoms with Crippen LogP contribution in [0.25, 0.3) is 0 Å². The molecule has 0 bridgehead atoms. The Hall–Kier alpha value is -0.570. The van der Waals surface area contributed by atoms with E-state index >= 15 is 0 Å². The maximum Gasteiger partial charge on any atom is 0.220 e. The topological polar surface area (TPSA) is 55.1 Å². The van der Waals surface area contributed by atoms with E-state index in [1.54, 1.807) is 0 Å². The van der Waals surface area contributed by atoms with Gasteiger partial charge in [-0.1, -0.05) is 26.2 Å². The van der Waals surface area contributed by atoms with Crippen LogP contribution in [0.15, 0.2) is 0 Å². The van der Waals surface area contributed by atoms with E-state index < -0.39 is 0 Å². The molecule has 16 heavy (non-hydrogen) atoms. The summed E-state index contributed by atoms with van der Waals surface area (Å²) in [7, 11) is 0. The van der Waals surface area contributed by atoms with Gasteiger partial charge in [-0.05, 0) is 37.1 Å². The van der Waals surface area contributed by atoms with Crippen molar-refractivity contribution in [2.75, 3.05) is 6.54 Å². The zero-order chi connectivity index (χ0) is 11.6. The summed E-state index contributed by atoms with van der Waals surface area (Å²) in [5.74, 6) is 0.908. The minimum Gasteiger partial charge on any atom is -0.353 e. The Morgan fingerprint density at radius 1 is 1.38 bits per heavy atom. The number of rotatable bonds is 4. The fourth-order valence-corrected chi connectivity index (χ4v) is 2.88. The first kappa shape index (κ1) is 11.9. The lowest BCUT2D eigenvalue weighted by Gasteiger charge is -2.35. The summed E-state index contributed by atoms with van der Waals surface area (Å²) in [6.45, 7) is 2.85. The number of carbonyl (C=O) groups is 1. The van der Waals surface area contributed by atoms with Crippen LogP contribution in [0.2, 0.25) is 0 Å². The molecule has 0 aromatic heterocycles. The second-order valence-corrected chi connectivity index (χ2v) is 5.83. The molecular formula is C13H24N2O. The predicted molar refractivity (Wildman–Crippen MR) is 64.9 cm³/mol. The van der Waals surface area contributed by atoms with E-state index in [2.05, 4.69) is 12.2 Å². The van der Waals surface area contributed by atoms with E-state index in [4.69, 9.17) is 5.73 Å². The molecule has 0 radical (unpaired) electrons. The highest BCUT2D eigenvalue weighted by molar-refractivity contribution is 5.77. The fraction of sp³-hybridized carbons (Fsp3) is 0.923. The van der Waals surface area contributed by atoms with Gasteiger partial charge in [-0.15, -0.1) is 0 Å². The van der Waals surface area contributed by atoms with Crippen LogP contribution in [0.1, 0.15) is 51.9 Å². The van der Waals surface area contributed by atoms with E-state index in [-0.39, 0.29) is 11.3 Å². The van der Waals surface area contributed by atoms with E-state index in [1.807, 2.05) is 0 Å². The third-order valence-corrected chi connectivity index (χ3v) is 4.34. The standard InChI is InChI=1S/C13H24N2O/c1-10-7-11(10)15-12(16)8-13(9-14)5-3-2-4-6-13/h10-11H,2-9,14H2,1H3,(H,15,16). The van der Waals surface area contributed by atoms with Gasteiger partial charge in [0.25, 0.3) is 0 Å². The molecule has 2 unspecified atom stereocenters. The lowest BCUT2D eigenvalue weighted by molar-refractivity contribution is -0.124. The summed E-state index contributed by atoms with van der Waals surface area (Å²) in [5, 5.41) is 3.12. The van der Waals surface area contributed by atoms with Gasteiger partial charge >= 0.3 is 0 Å². The SMILES string of the molecule is CC1CC1NC(=O)CC1(CN)CCCCC1. The van der Waals surface area contributed by atoms with Crippen LogP contribution in [0.4, 0.5) is 0 Å². The number of nitrogens with two attached hydrogens (primary N) is 1. The number of hydrogen-bond donors (Lipinski definition) is 2. The van der Waals surface area contributed by atoms with Gasteiger partial charge in [-0.3, -0.25) is 4.79 Å². The predicted octanol–water partition coefficient (Wildman–Crippen LogP) is 1.81. The van der Waals surface area contributed by atoms with E-state index in [1.165, 1.54) is 19.3 Å². The third-order valence-electron chi connectivity index (χ3n) is 4.34. The molecule has 2 aliphatic rings. The number of hydrogen-bond acceptors (Lipinski definition) is 2. The minimum absolute atomic E-state index is 0.112. The summed E-state index contributed by atoms with van der Waals surface area (Å²) in [5.41, 5.74) is 5.99. The number of carbonyl (C=O) groups excluding carboxylic acids is 1. The molecule has 0 heterocycles. The van der Waals surface area contributed by atoms with Crippen LogP contribution in [0, 0.1) is 11.3 Å². The highest BCUT2D eigenvalue weighted by Gasteiger charge is 2.37. The lowest BCUT2D eigenvalue weighted by Crippen LogP contribution is -2.39. The highest BCUT2D eigenvalue weighted by atomic mass is 16.1. The van der Waals surface area contributed by atoms with Crippen molar-refractivity contribution < 1.29 is 4.79 Å². The van der Waals surface area contributed by atoms with Gasteiger partial charge in [0.1, 0.15) is 0 Å². The van der Waals surface area contributed by atoms with Crippen molar-refractivity contribution in [1.82, 2.24) is 5.32 Å². The molecule has 2 aliphatic carbocycles. The Balaban J connectivity index is 1.82. The van der Waals surface area contributed by atoms with Gasteiger partial charge in [-0.25, -0.2) is 0 Å². The Bertz CT molecular complexity index is 259. The molecule has 0 aromatic carbocycles. The zero-order valence-electron chi connectivity index (χ0n) is 10.3. The fourth-order valence-electron chi connectivity index (χ4n) is 2.88. The zero-order valence-corrected chi connectivity index (χ0v) is 10.3. The molecular weight excluding hydrogens is 200 g/mol.